The van der Waals surface area contributed by atoms with E-state index in [4.69, 9.17) is 0 Å². The van der Waals surface area contributed by atoms with E-state index in [1.165, 1.54) is 13.0 Å². The Balaban J connectivity index is 1.88. The topological polar surface area (TPSA) is 51.0 Å². The van der Waals surface area contributed by atoms with E-state index in [1.807, 2.05) is 44.2 Å². The summed E-state index contributed by atoms with van der Waals surface area (Å²) in [4.78, 5) is 14.1. The van der Waals surface area contributed by atoms with Crippen LogP contribution in [-0.2, 0) is 11.0 Å². The fourth-order valence-electron chi connectivity index (χ4n) is 4.59. The molecule has 5 nitrogen and oxygen atoms in total. The van der Waals surface area contributed by atoms with Gasteiger partial charge in [0.25, 0.3) is 0 Å². The molecule has 3 aromatic rings. The minimum atomic E-state index is -4.48. The van der Waals surface area contributed by atoms with Crippen molar-refractivity contribution in [2.75, 3.05) is 4.90 Å². The van der Waals surface area contributed by atoms with Gasteiger partial charge in [0.05, 0.1) is 17.8 Å². The van der Waals surface area contributed by atoms with E-state index < -0.39 is 17.8 Å². The highest BCUT2D eigenvalue weighted by molar-refractivity contribution is 5.94. The highest BCUT2D eigenvalue weighted by Gasteiger charge is 2.42. The van der Waals surface area contributed by atoms with Gasteiger partial charge in [0.15, 0.2) is 0 Å². The van der Waals surface area contributed by atoms with Gasteiger partial charge >= 0.3 is 6.18 Å². The highest BCUT2D eigenvalue weighted by atomic mass is 19.4. The van der Waals surface area contributed by atoms with Gasteiger partial charge in [-0.25, -0.2) is 4.68 Å². The zero-order valence-corrected chi connectivity index (χ0v) is 17.5. The predicted molar refractivity (Wildman–Crippen MR) is 111 cm³/mol. The van der Waals surface area contributed by atoms with Crippen LogP contribution in [-0.4, -0.2) is 26.9 Å². The Kier molecular flexibility index (Phi) is 5.33. The van der Waals surface area contributed by atoms with Crippen LogP contribution in [0.4, 0.5) is 18.9 Å². The van der Waals surface area contributed by atoms with Crippen molar-refractivity contribution in [3.8, 4) is 11.3 Å². The van der Waals surface area contributed by atoms with E-state index in [0.717, 1.165) is 17.7 Å². The molecule has 0 aliphatic carbocycles. The van der Waals surface area contributed by atoms with Crippen LogP contribution in [0.5, 0.6) is 0 Å². The first-order valence-electron chi connectivity index (χ1n) is 10.2. The molecule has 0 radical (unpaired) electrons. The van der Waals surface area contributed by atoms with Crippen LogP contribution in [0.1, 0.15) is 44.4 Å². The van der Waals surface area contributed by atoms with Crippen LogP contribution < -0.4 is 4.90 Å². The van der Waals surface area contributed by atoms with Gasteiger partial charge in [-0.2, -0.15) is 13.2 Å². The first-order chi connectivity index (χ1) is 14.7. The summed E-state index contributed by atoms with van der Waals surface area (Å²) in [6, 6.07) is 12.4. The molecule has 1 aromatic heterocycles. The number of hydrogen-bond donors (Lipinski definition) is 0. The Morgan fingerprint density at radius 3 is 2.45 bits per heavy atom. The number of rotatable bonds is 3. The fourth-order valence-corrected chi connectivity index (χ4v) is 4.59. The van der Waals surface area contributed by atoms with Crippen LogP contribution in [0.25, 0.3) is 11.3 Å². The van der Waals surface area contributed by atoms with Crippen molar-refractivity contribution >= 4 is 11.6 Å². The lowest BCUT2D eigenvalue weighted by atomic mass is 9.80. The molecule has 162 valence electrons. The smallest absolute Gasteiger partial charge is 0.309 e. The van der Waals surface area contributed by atoms with E-state index >= 15 is 0 Å². The Hall–Kier alpha value is -3.16. The molecule has 4 rings (SSSR count). The molecule has 31 heavy (non-hydrogen) atoms. The Labute approximate surface area is 178 Å². The summed E-state index contributed by atoms with van der Waals surface area (Å²) in [5.74, 6) is -0.364. The lowest BCUT2D eigenvalue weighted by Gasteiger charge is -2.44. The second-order valence-corrected chi connectivity index (χ2v) is 7.89. The minimum Gasteiger partial charge on any atom is -0.309 e. The number of halogens is 3. The Bertz CT molecular complexity index is 1090. The van der Waals surface area contributed by atoms with Gasteiger partial charge < -0.3 is 4.90 Å². The highest BCUT2D eigenvalue weighted by Crippen LogP contribution is 2.46. The number of fused-ring (bicyclic) bond motifs is 1. The maximum Gasteiger partial charge on any atom is 0.416 e. The van der Waals surface area contributed by atoms with Gasteiger partial charge in [-0.15, -0.1) is 5.10 Å². The zero-order chi connectivity index (χ0) is 22.3. The number of hydrogen-bond acceptors (Lipinski definition) is 3. The molecule has 0 N–H and O–H groups in total. The molecule has 0 fully saturated rings. The van der Waals surface area contributed by atoms with Crippen LogP contribution in [0, 0.1) is 5.92 Å². The molecule has 0 spiro atoms. The molecular weight excluding hydrogens is 405 g/mol. The molecule has 0 saturated heterocycles. The molecule has 2 aromatic carbocycles. The molecule has 1 amide bonds. The summed E-state index contributed by atoms with van der Waals surface area (Å²) in [5, 5.41) is 8.53. The Morgan fingerprint density at radius 1 is 1.13 bits per heavy atom. The van der Waals surface area contributed by atoms with E-state index in [-0.39, 0.29) is 17.9 Å². The first-order valence-corrected chi connectivity index (χ1v) is 10.2. The van der Waals surface area contributed by atoms with Crippen molar-refractivity contribution < 1.29 is 18.0 Å². The van der Waals surface area contributed by atoms with Gasteiger partial charge in [0, 0.05) is 35.7 Å². The predicted octanol–water partition coefficient (Wildman–Crippen LogP) is 5.33. The average Bonchev–Trinajstić information content (AvgIpc) is 3.21. The van der Waals surface area contributed by atoms with Crippen LogP contribution in [0.2, 0.25) is 0 Å². The third-order valence-corrected chi connectivity index (χ3v) is 5.99. The molecule has 8 heteroatoms. The number of aromatic nitrogens is 3. The molecular formula is C23H23F3N4O. The number of anilines is 1. The third-order valence-electron chi connectivity index (χ3n) is 5.99. The standard InChI is InChI=1S/C23H23F3N4O/c1-4-20-14(2)22(29-13-19(27-28-29)16-8-6-5-7-9-16)18-12-17(23(24,25)26)10-11-21(18)30(20)15(3)31/h5-14,20,22H,4H2,1-3H3/t14-,20+,22+/m1/s1. The molecule has 0 unspecified atom stereocenters. The van der Waals surface area contributed by atoms with E-state index in [0.29, 0.717) is 23.4 Å². The SMILES string of the molecule is CC[C@H]1[C@@H](C)[C@H](n2cc(-c3ccccc3)nn2)c2cc(C(F)(F)F)ccc2N1C(C)=O. The summed E-state index contributed by atoms with van der Waals surface area (Å²) in [5.41, 5.74) is 1.69. The van der Waals surface area contributed by atoms with E-state index in [9.17, 15) is 18.0 Å². The summed E-state index contributed by atoms with van der Waals surface area (Å²) >= 11 is 0. The van der Waals surface area contributed by atoms with Crippen molar-refractivity contribution in [2.45, 2.75) is 45.5 Å². The van der Waals surface area contributed by atoms with Gasteiger partial charge in [-0.3, -0.25) is 4.79 Å². The van der Waals surface area contributed by atoms with E-state index in [1.54, 1.807) is 15.8 Å². The van der Waals surface area contributed by atoms with Gasteiger partial charge in [-0.05, 0) is 24.6 Å². The quantitative estimate of drug-likeness (QED) is 0.566. The normalized spacial score (nSPS) is 21.1. The summed E-state index contributed by atoms with van der Waals surface area (Å²) in [7, 11) is 0. The number of carbonyl (C=O) groups excluding carboxylic acids is 1. The van der Waals surface area contributed by atoms with E-state index in [2.05, 4.69) is 10.3 Å². The summed E-state index contributed by atoms with van der Waals surface area (Å²) in [6.07, 6.45) is -2.06. The van der Waals surface area contributed by atoms with Crippen molar-refractivity contribution in [3.05, 3.63) is 65.9 Å². The lowest BCUT2D eigenvalue weighted by Crippen LogP contribution is -2.49. The largest absolute Gasteiger partial charge is 0.416 e. The number of alkyl halides is 3. The molecule has 2 heterocycles. The third kappa shape index (κ3) is 3.71. The number of nitrogens with zero attached hydrogens (tertiary/aromatic N) is 4. The lowest BCUT2D eigenvalue weighted by molar-refractivity contribution is -0.137. The van der Waals surface area contributed by atoms with Crippen LogP contribution in [0.3, 0.4) is 0 Å². The maximum absolute atomic E-state index is 13.5. The fraction of sp³-hybridized carbons (Fsp3) is 0.348. The second-order valence-electron chi connectivity index (χ2n) is 7.89. The number of amides is 1. The molecule has 0 bridgehead atoms. The number of carbonyl (C=O) groups is 1. The zero-order valence-electron chi connectivity index (χ0n) is 17.5. The maximum atomic E-state index is 13.5. The summed E-state index contributed by atoms with van der Waals surface area (Å²) in [6.45, 7) is 5.36. The van der Waals surface area contributed by atoms with Crippen molar-refractivity contribution in [1.82, 2.24) is 15.0 Å². The second kappa shape index (κ2) is 7.83. The van der Waals surface area contributed by atoms with Crippen molar-refractivity contribution in [3.63, 3.8) is 0 Å². The molecule has 3 atom stereocenters. The first kappa shape index (κ1) is 21.1. The number of benzene rings is 2. The van der Waals surface area contributed by atoms with Crippen LogP contribution >= 0.6 is 0 Å². The average molecular weight is 428 g/mol. The monoisotopic (exact) mass is 428 g/mol. The minimum absolute atomic E-state index is 0.170. The Morgan fingerprint density at radius 2 is 1.84 bits per heavy atom. The molecule has 1 aliphatic rings. The van der Waals surface area contributed by atoms with Gasteiger partial charge in [0.2, 0.25) is 5.91 Å². The van der Waals surface area contributed by atoms with Crippen molar-refractivity contribution in [1.29, 1.82) is 0 Å². The van der Waals surface area contributed by atoms with Crippen molar-refractivity contribution in [2.24, 2.45) is 5.92 Å². The summed E-state index contributed by atoms with van der Waals surface area (Å²) < 4.78 is 42.1. The van der Waals surface area contributed by atoms with Gasteiger partial charge in [-0.1, -0.05) is 49.4 Å². The van der Waals surface area contributed by atoms with Crippen LogP contribution in [0.15, 0.2) is 54.7 Å². The van der Waals surface area contributed by atoms with Gasteiger partial charge in [0.1, 0.15) is 5.69 Å². The molecule has 1 aliphatic heterocycles. The molecule has 0 saturated carbocycles.